The molecule has 0 radical (unpaired) electrons. The number of nitrogens with one attached hydrogen (secondary N) is 1. The van der Waals surface area contributed by atoms with E-state index in [4.69, 9.17) is 9.15 Å². The van der Waals surface area contributed by atoms with Crippen molar-refractivity contribution in [3.8, 4) is 0 Å². The van der Waals surface area contributed by atoms with Crippen molar-refractivity contribution < 1.29 is 9.15 Å². The van der Waals surface area contributed by atoms with E-state index in [0.29, 0.717) is 12.6 Å². The third-order valence-electron chi connectivity index (χ3n) is 2.56. The number of furan rings is 1. The molecular weight excluding hydrogens is 248 g/mol. The zero-order valence-corrected chi connectivity index (χ0v) is 11.3. The molecule has 1 N–H and O–H groups in total. The summed E-state index contributed by atoms with van der Waals surface area (Å²) in [7, 11) is 0. The molecule has 0 saturated heterocycles. The van der Waals surface area contributed by atoms with Crippen molar-refractivity contribution in [3.63, 3.8) is 0 Å². The van der Waals surface area contributed by atoms with Gasteiger partial charge in [-0.05, 0) is 32.0 Å². The molecule has 5 heteroatoms. The Labute approximate surface area is 111 Å². The Morgan fingerprint density at radius 3 is 3.22 bits per heavy atom. The summed E-state index contributed by atoms with van der Waals surface area (Å²) in [5.41, 5.74) is 0. The maximum absolute atomic E-state index is 5.50. The number of thiazole rings is 1. The van der Waals surface area contributed by atoms with Gasteiger partial charge in [-0.1, -0.05) is 0 Å². The van der Waals surface area contributed by atoms with Crippen molar-refractivity contribution in [2.75, 3.05) is 13.2 Å². The third-order valence-corrected chi connectivity index (χ3v) is 3.52. The molecule has 0 amide bonds. The van der Waals surface area contributed by atoms with Crippen molar-refractivity contribution in [3.05, 3.63) is 40.7 Å². The van der Waals surface area contributed by atoms with Crippen LogP contribution >= 0.6 is 11.3 Å². The minimum Gasteiger partial charge on any atom is -0.467 e. The first-order valence-electron chi connectivity index (χ1n) is 6.09. The summed E-state index contributed by atoms with van der Waals surface area (Å²) in [4.78, 5) is 4.28. The molecule has 0 aliphatic rings. The van der Waals surface area contributed by atoms with Crippen LogP contribution in [0.2, 0.25) is 0 Å². The molecule has 98 valence electrons. The predicted octanol–water partition coefficient (Wildman–Crippen LogP) is 2.99. The standard InChI is InChI=1S/C13H18N2O2S/c1-11(13-15-6-9-18-13)14-5-3-7-16-10-12-4-2-8-17-12/h2,4,6,8-9,11,14H,3,5,7,10H2,1H3. The first kappa shape index (κ1) is 13.3. The number of aromatic nitrogens is 1. The van der Waals surface area contributed by atoms with Gasteiger partial charge in [0.25, 0.3) is 0 Å². The molecule has 0 fully saturated rings. The van der Waals surface area contributed by atoms with Gasteiger partial charge in [0, 0.05) is 18.2 Å². The average Bonchev–Trinajstić information content (AvgIpc) is 3.05. The number of nitrogens with zero attached hydrogens (tertiary/aromatic N) is 1. The van der Waals surface area contributed by atoms with Crippen molar-refractivity contribution in [2.24, 2.45) is 0 Å². The summed E-state index contributed by atoms with van der Waals surface area (Å²) < 4.78 is 10.7. The highest BCUT2D eigenvalue weighted by atomic mass is 32.1. The van der Waals surface area contributed by atoms with Gasteiger partial charge < -0.3 is 14.5 Å². The molecule has 1 unspecified atom stereocenters. The van der Waals surface area contributed by atoms with E-state index in [-0.39, 0.29) is 0 Å². The second kappa shape index (κ2) is 7.31. The van der Waals surface area contributed by atoms with Gasteiger partial charge >= 0.3 is 0 Å². The molecule has 2 rings (SSSR count). The van der Waals surface area contributed by atoms with Crippen molar-refractivity contribution in [1.29, 1.82) is 0 Å². The normalized spacial score (nSPS) is 12.7. The summed E-state index contributed by atoms with van der Waals surface area (Å²) in [5.74, 6) is 0.874. The number of hydrogen-bond acceptors (Lipinski definition) is 5. The fraction of sp³-hybridized carbons (Fsp3) is 0.462. The molecule has 18 heavy (non-hydrogen) atoms. The van der Waals surface area contributed by atoms with Crippen molar-refractivity contribution in [1.82, 2.24) is 10.3 Å². The van der Waals surface area contributed by atoms with Gasteiger partial charge in [0.2, 0.25) is 0 Å². The molecule has 0 spiro atoms. The maximum Gasteiger partial charge on any atom is 0.129 e. The van der Waals surface area contributed by atoms with Crippen molar-refractivity contribution in [2.45, 2.75) is 26.0 Å². The lowest BCUT2D eigenvalue weighted by Gasteiger charge is -2.10. The van der Waals surface area contributed by atoms with Crippen LogP contribution in [-0.4, -0.2) is 18.1 Å². The summed E-state index contributed by atoms with van der Waals surface area (Å²) in [6, 6.07) is 4.11. The van der Waals surface area contributed by atoms with Gasteiger partial charge in [0.05, 0.1) is 12.3 Å². The summed E-state index contributed by atoms with van der Waals surface area (Å²) in [6.07, 6.45) is 4.48. The van der Waals surface area contributed by atoms with E-state index >= 15 is 0 Å². The second-order valence-corrected chi connectivity index (χ2v) is 4.96. The van der Waals surface area contributed by atoms with E-state index in [2.05, 4.69) is 17.2 Å². The molecule has 2 aromatic rings. The van der Waals surface area contributed by atoms with Gasteiger partial charge in [-0.25, -0.2) is 4.98 Å². The van der Waals surface area contributed by atoms with Gasteiger partial charge in [0.1, 0.15) is 17.4 Å². The van der Waals surface area contributed by atoms with Crippen LogP contribution < -0.4 is 5.32 Å². The highest BCUT2D eigenvalue weighted by Gasteiger charge is 2.05. The van der Waals surface area contributed by atoms with Crippen LogP contribution in [0.15, 0.2) is 34.4 Å². The Balaban J connectivity index is 1.51. The monoisotopic (exact) mass is 266 g/mol. The van der Waals surface area contributed by atoms with E-state index < -0.39 is 0 Å². The number of rotatable bonds is 8. The number of hydrogen-bond donors (Lipinski definition) is 1. The van der Waals surface area contributed by atoms with E-state index in [9.17, 15) is 0 Å². The van der Waals surface area contributed by atoms with E-state index in [1.165, 1.54) is 0 Å². The molecule has 0 aromatic carbocycles. The number of ether oxygens (including phenoxy) is 1. The molecule has 1 atom stereocenters. The molecule has 0 bridgehead atoms. The first-order valence-corrected chi connectivity index (χ1v) is 6.97. The van der Waals surface area contributed by atoms with Crippen LogP contribution in [0.1, 0.15) is 30.2 Å². The van der Waals surface area contributed by atoms with Crippen LogP contribution in [0.5, 0.6) is 0 Å². The summed E-state index contributed by atoms with van der Waals surface area (Å²) in [5, 5.41) is 6.55. The van der Waals surface area contributed by atoms with Gasteiger partial charge in [-0.3, -0.25) is 0 Å². The van der Waals surface area contributed by atoms with Crippen molar-refractivity contribution >= 4 is 11.3 Å². The van der Waals surface area contributed by atoms with E-state index in [1.54, 1.807) is 17.6 Å². The minimum absolute atomic E-state index is 0.315. The largest absolute Gasteiger partial charge is 0.467 e. The zero-order chi connectivity index (χ0) is 12.6. The van der Waals surface area contributed by atoms with Gasteiger partial charge in [0.15, 0.2) is 0 Å². The first-order chi connectivity index (χ1) is 8.86. The fourth-order valence-corrected chi connectivity index (χ4v) is 2.27. The lowest BCUT2D eigenvalue weighted by Crippen LogP contribution is -2.20. The van der Waals surface area contributed by atoms with Crippen LogP contribution in [0, 0.1) is 0 Å². The highest BCUT2D eigenvalue weighted by molar-refractivity contribution is 7.09. The van der Waals surface area contributed by atoms with Crippen LogP contribution in [0.25, 0.3) is 0 Å². The molecule has 0 aliphatic carbocycles. The lowest BCUT2D eigenvalue weighted by molar-refractivity contribution is 0.104. The minimum atomic E-state index is 0.315. The smallest absolute Gasteiger partial charge is 0.129 e. The zero-order valence-electron chi connectivity index (χ0n) is 10.5. The quantitative estimate of drug-likeness (QED) is 0.746. The average molecular weight is 266 g/mol. The fourth-order valence-electron chi connectivity index (χ4n) is 1.60. The molecule has 4 nitrogen and oxygen atoms in total. The Kier molecular flexibility index (Phi) is 5.38. The Morgan fingerprint density at radius 1 is 1.56 bits per heavy atom. The molecular formula is C13H18N2O2S. The molecule has 0 saturated carbocycles. The Bertz CT molecular complexity index is 414. The van der Waals surface area contributed by atoms with Crippen LogP contribution in [0.4, 0.5) is 0 Å². The second-order valence-electron chi connectivity index (χ2n) is 4.03. The highest BCUT2D eigenvalue weighted by Crippen LogP contribution is 2.14. The van der Waals surface area contributed by atoms with Crippen LogP contribution in [-0.2, 0) is 11.3 Å². The van der Waals surface area contributed by atoms with Gasteiger partial charge in [-0.2, -0.15) is 0 Å². The Morgan fingerprint density at radius 2 is 2.50 bits per heavy atom. The predicted molar refractivity (Wildman–Crippen MR) is 71.5 cm³/mol. The third kappa shape index (κ3) is 4.25. The van der Waals surface area contributed by atoms with Crippen LogP contribution in [0.3, 0.4) is 0 Å². The van der Waals surface area contributed by atoms with E-state index in [0.717, 1.165) is 30.3 Å². The molecule has 2 heterocycles. The lowest BCUT2D eigenvalue weighted by atomic mass is 10.3. The summed E-state index contributed by atoms with van der Waals surface area (Å²) in [6.45, 7) is 4.34. The van der Waals surface area contributed by atoms with E-state index in [1.807, 2.05) is 23.7 Å². The topological polar surface area (TPSA) is 47.3 Å². The molecule has 2 aromatic heterocycles. The van der Waals surface area contributed by atoms with Gasteiger partial charge in [-0.15, -0.1) is 11.3 Å². The SMILES string of the molecule is CC(NCCCOCc1ccco1)c1nccs1. The summed E-state index contributed by atoms with van der Waals surface area (Å²) >= 11 is 1.68. The Hall–Kier alpha value is -1.17. The molecule has 0 aliphatic heterocycles. The maximum atomic E-state index is 5.50.